The lowest BCUT2D eigenvalue weighted by atomic mass is 10.3. The molecule has 0 unspecified atom stereocenters. The Hall–Kier alpha value is -1.60. The number of sulfone groups is 1. The van der Waals surface area contributed by atoms with Gasteiger partial charge in [0, 0.05) is 19.3 Å². The molecule has 0 spiro atoms. The van der Waals surface area contributed by atoms with E-state index in [1.54, 1.807) is 23.1 Å². The number of hydrogen-bond acceptors (Lipinski definition) is 4. The molecule has 1 aliphatic heterocycles. The van der Waals surface area contributed by atoms with Gasteiger partial charge in [-0.05, 0) is 12.1 Å². The maximum Gasteiger partial charge on any atom is 0.322 e. The summed E-state index contributed by atoms with van der Waals surface area (Å²) in [5, 5.41) is 2.64. The first kappa shape index (κ1) is 13.8. The van der Waals surface area contributed by atoms with E-state index in [9.17, 15) is 13.2 Å². The zero-order valence-corrected chi connectivity index (χ0v) is 11.4. The Labute approximate surface area is 112 Å². The van der Waals surface area contributed by atoms with Crippen molar-refractivity contribution in [3.8, 4) is 0 Å². The van der Waals surface area contributed by atoms with Crippen LogP contribution in [0.5, 0.6) is 0 Å². The molecule has 0 atom stereocenters. The van der Waals surface area contributed by atoms with Crippen molar-refractivity contribution >= 4 is 21.6 Å². The molecular weight excluding hydrogens is 268 g/mol. The number of morpholine rings is 1. The van der Waals surface area contributed by atoms with Crippen LogP contribution in [0, 0.1) is 0 Å². The van der Waals surface area contributed by atoms with Crippen molar-refractivity contribution in [2.24, 2.45) is 0 Å². The lowest BCUT2D eigenvalue weighted by molar-refractivity contribution is 0.0564. The van der Waals surface area contributed by atoms with Gasteiger partial charge in [0.15, 0.2) is 9.84 Å². The van der Waals surface area contributed by atoms with Gasteiger partial charge < -0.3 is 15.0 Å². The summed E-state index contributed by atoms with van der Waals surface area (Å²) in [5.74, 6) is 0. The molecule has 0 saturated carbocycles. The highest BCUT2D eigenvalue weighted by atomic mass is 32.2. The van der Waals surface area contributed by atoms with E-state index in [0.717, 1.165) is 6.26 Å². The average Bonchev–Trinajstić information content (AvgIpc) is 2.39. The van der Waals surface area contributed by atoms with Gasteiger partial charge in [0.05, 0.1) is 23.8 Å². The summed E-state index contributed by atoms with van der Waals surface area (Å²) in [5.41, 5.74) is 0.307. The number of amides is 2. The molecule has 2 rings (SSSR count). The van der Waals surface area contributed by atoms with Gasteiger partial charge in [-0.15, -0.1) is 0 Å². The smallest absolute Gasteiger partial charge is 0.322 e. The Morgan fingerprint density at radius 2 is 1.89 bits per heavy atom. The van der Waals surface area contributed by atoms with E-state index in [2.05, 4.69) is 5.32 Å². The van der Waals surface area contributed by atoms with E-state index < -0.39 is 9.84 Å². The molecule has 2 amide bonds. The standard InChI is InChI=1S/C12H16N2O4S/c1-19(16,17)11-5-3-2-4-10(11)13-12(15)14-6-8-18-9-7-14/h2-5H,6-9H2,1H3,(H,13,15). The molecule has 1 heterocycles. The molecule has 0 aromatic heterocycles. The molecule has 1 aliphatic rings. The molecule has 1 N–H and O–H groups in total. The van der Waals surface area contributed by atoms with Crippen molar-refractivity contribution in [2.75, 3.05) is 37.9 Å². The predicted octanol–water partition coefficient (Wildman–Crippen LogP) is 0.954. The molecule has 0 radical (unpaired) electrons. The maximum absolute atomic E-state index is 12.0. The normalized spacial score (nSPS) is 16.2. The van der Waals surface area contributed by atoms with E-state index in [0.29, 0.717) is 32.0 Å². The summed E-state index contributed by atoms with van der Waals surface area (Å²) in [6.45, 7) is 2.02. The van der Waals surface area contributed by atoms with Crippen molar-refractivity contribution in [1.29, 1.82) is 0 Å². The van der Waals surface area contributed by atoms with Crippen LogP contribution in [0.1, 0.15) is 0 Å². The van der Waals surface area contributed by atoms with Gasteiger partial charge in [0.25, 0.3) is 0 Å². The molecule has 19 heavy (non-hydrogen) atoms. The number of hydrogen-bond donors (Lipinski definition) is 1. The molecule has 1 saturated heterocycles. The minimum absolute atomic E-state index is 0.122. The van der Waals surface area contributed by atoms with E-state index in [4.69, 9.17) is 4.74 Å². The van der Waals surface area contributed by atoms with Gasteiger partial charge in [-0.3, -0.25) is 0 Å². The van der Waals surface area contributed by atoms with Crippen LogP contribution in [0.4, 0.5) is 10.5 Å². The summed E-state index contributed by atoms with van der Waals surface area (Å²) >= 11 is 0. The van der Waals surface area contributed by atoms with Crippen LogP contribution in [-0.4, -0.2) is 51.9 Å². The van der Waals surface area contributed by atoms with Crippen LogP contribution in [0.3, 0.4) is 0 Å². The highest BCUT2D eigenvalue weighted by Crippen LogP contribution is 2.21. The molecule has 6 nitrogen and oxygen atoms in total. The van der Waals surface area contributed by atoms with Crippen molar-refractivity contribution in [1.82, 2.24) is 4.90 Å². The minimum Gasteiger partial charge on any atom is -0.378 e. The first-order valence-electron chi connectivity index (χ1n) is 5.91. The average molecular weight is 284 g/mol. The molecule has 0 aliphatic carbocycles. The first-order chi connectivity index (χ1) is 8.98. The number of ether oxygens (including phenoxy) is 1. The summed E-state index contributed by atoms with van der Waals surface area (Å²) in [6.07, 6.45) is 1.12. The molecule has 1 aromatic carbocycles. The van der Waals surface area contributed by atoms with Crippen LogP contribution in [0.25, 0.3) is 0 Å². The number of nitrogens with one attached hydrogen (secondary N) is 1. The third kappa shape index (κ3) is 3.45. The van der Waals surface area contributed by atoms with Gasteiger partial charge in [-0.2, -0.15) is 0 Å². The third-order valence-corrected chi connectivity index (χ3v) is 3.98. The van der Waals surface area contributed by atoms with Gasteiger partial charge in [-0.1, -0.05) is 12.1 Å². The van der Waals surface area contributed by atoms with Gasteiger partial charge >= 0.3 is 6.03 Å². The first-order valence-corrected chi connectivity index (χ1v) is 7.80. The Morgan fingerprint density at radius 1 is 1.26 bits per heavy atom. The molecule has 1 fully saturated rings. The largest absolute Gasteiger partial charge is 0.378 e. The second kappa shape index (κ2) is 5.58. The molecular formula is C12H16N2O4S. The number of benzene rings is 1. The van der Waals surface area contributed by atoms with Gasteiger partial charge in [-0.25, -0.2) is 13.2 Å². The summed E-state index contributed by atoms with van der Waals surface area (Å²) in [7, 11) is -3.37. The molecule has 1 aromatic rings. The Bertz CT molecular complexity index is 565. The fourth-order valence-corrected chi connectivity index (χ4v) is 2.70. The maximum atomic E-state index is 12.0. The highest BCUT2D eigenvalue weighted by molar-refractivity contribution is 7.90. The zero-order valence-electron chi connectivity index (χ0n) is 10.6. The second-order valence-electron chi connectivity index (χ2n) is 4.30. The lowest BCUT2D eigenvalue weighted by Crippen LogP contribution is -2.43. The zero-order chi connectivity index (χ0) is 13.9. The van der Waals surface area contributed by atoms with Crippen molar-refractivity contribution in [3.05, 3.63) is 24.3 Å². The Balaban J connectivity index is 2.17. The monoisotopic (exact) mass is 284 g/mol. The van der Waals surface area contributed by atoms with Gasteiger partial charge in [0.2, 0.25) is 0 Å². The van der Waals surface area contributed by atoms with Crippen LogP contribution in [-0.2, 0) is 14.6 Å². The Morgan fingerprint density at radius 3 is 2.53 bits per heavy atom. The van der Waals surface area contributed by atoms with Crippen molar-refractivity contribution in [3.63, 3.8) is 0 Å². The summed E-state index contributed by atoms with van der Waals surface area (Å²) in [6, 6.07) is 6.06. The fourth-order valence-electron chi connectivity index (χ4n) is 1.85. The number of urea groups is 1. The van der Waals surface area contributed by atoms with Crippen molar-refractivity contribution in [2.45, 2.75) is 4.90 Å². The number of para-hydroxylation sites is 1. The Kier molecular flexibility index (Phi) is 4.06. The molecule has 104 valence electrons. The van der Waals surface area contributed by atoms with E-state index in [-0.39, 0.29) is 10.9 Å². The van der Waals surface area contributed by atoms with E-state index in [1.807, 2.05) is 0 Å². The lowest BCUT2D eigenvalue weighted by Gasteiger charge is -2.27. The molecule has 7 heteroatoms. The summed E-state index contributed by atoms with van der Waals surface area (Å²) in [4.78, 5) is 13.7. The number of carbonyl (C=O) groups is 1. The topological polar surface area (TPSA) is 75.7 Å². The SMILES string of the molecule is CS(=O)(=O)c1ccccc1NC(=O)N1CCOCC1. The number of rotatable bonds is 2. The second-order valence-corrected chi connectivity index (χ2v) is 6.28. The fraction of sp³-hybridized carbons (Fsp3) is 0.417. The van der Waals surface area contributed by atoms with Crippen molar-refractivity contribution < 1.29 is 17.9 Å². The predicted molar refractivity (Wildman–Crippen MR) is 71.0 cm³/mol. The number of nitrogens with zero attached hydrogens (tertiary/aromatic N) is 1. The minimum atomic E-state index is -3.37. The quantitative estimate of drug-likeness (QED) is 0.877. The number of carbonyl (C=O) groups excluding carboxylic acids is 1. The van der Waals surface area contributed by atoms with Gasteiger partial charge in [0.1, 0.15) is 0 Å². The van der Waals surface area contributed by atoms with E-state index >= 15 is 0 Å². The number of anilines is 1. The van der Waals surface area contributed by atoms with E-state index in [1.165, 1.54) is 6.07 Å². The highest BCUT2D eigenvalue weighted by Gasteiger charge is 2.19. The third-order valence-electron chi connectivity index (χ3n) is 2.83. The van der Waals surface area contributed by atoms with Crippen LogP contribution >= 0.6 is 0 Å². The molecule has 0 bridgehead atoms. The van der Waals surface area contributed by atoms with Crippen LogP contribution in [0.2, 0.25) is 0 Å². The van der Waals surface area contributed by atoms with Crippen LogP contribution in [0.15, 0.2) is 29.2 Å². The van der Waals surface area contributed by atoms with Crippen LogP contribution < -0.4 is 5.32 Å². The summed E-state index contributed by atoms with van der Waals surface area (Å²) < 4.78 is 28.4.